The third kappa shape index (κ3) is 2.98. The molecule has 0 atom stereocenters. The van der Waals surface area contributed by atoms with Crippen LogP contribution in [0.3, 0.4) is 0 Å². The number of carbonyl (C=O) groups is 1. The summed E-state index contributed by atoms with van der Waals surface area (Å²) in [6, 6.07) is 10.0. The van der Waals surface area contributed by atoms with Crippen LogP contribution in [0.1, 0.15) is 24.1 Å². The third-order valence-corrected chi connectivity index (χ3v) is 7.22. The summed E-state index contributed by atoms with van der Waals surface area (Å²) >= 11 is 0. The Hall–Kier alpha value is -2.87. The molecule has 156 valence electrons. The zero-order valence-electron chi connectivity index (χ0n) is 17.1. The van der Waals surface area contributed by atoms with E-state index in [0.717, 1.165) is 46.4 Å². The van der Waals surface area contributed by atoms with Crippen molar-refractivity contribution < 1.29 is 13.2 Å². The Balaban J connectivity index is 1.57. The van der Waals surface area contributed by atoms with E-state index in [1.54, 1.807) is 12.4 Å². The van der Waals surface area contributed by atoms with Crippen LogP contribution in [0, 0.1) is 0 Å². The maximum atomic E-state index is 13.3. The molecule has 1 spiro atoms. The van der Waals surface area contributed by atoms with E-state index < -0.39 is 9.84 Å². The molecule has 2 aromatic heterocycles. The summed E-state index contributed by atoms with van der Waals surface area (Å²) in [4.78, 5) is 19.3. The highest BCUT2D eigenvalue weighted by Gasteiger charge is 2.59. The number of aromatic nitrogens is 2. The van der Waals surface area contributed by atoms with Gasteiger partial charge >= 0.3 is 0 Å². The topological polar surface area (TPSA) is 84.3 Å². The van der Waals surface area contributed by atoms with Crippen LogP contribution in [-0.4, -0.2) is 42.9 Å². The molecule has 2 aliphatic rings. The Kier molecular flexibility index (Phi) is 4.18. The minimum absolute atomic E-state index is 0.0492. The largest absolute Gasteiger partial charge is 0.388 e. The highest BCUT2D eigenvalue weighted by atomic mass is 32.2. The predicted molar refractivity (Wildman–Crippen MR) is 118 cm³/mol. The number of pyridine rings is 1. The summed E-state index contributed by atoms with van der Waals surface area (Å²) in [7, 11) is -1.25. The number of nitrogens with one attached hydrogen (secondary N) is 1. The first-order chi connectivity index (χ1) is 14.3. The third-order valence-electron chi connectivity index (χ3n) is 6.29. The van der Waals surface area contributed by atoms with Crippen molar-refractivity contribution in [1.82, 2.24) is 9.55 Å². The summed E-state index contributed by atoms with van der Waals surface area (Å²) < 4.78 is 25.7. The second-order valence-electron chi connectivity index (χ2n) is 8.31. The van der Waals surface area contributed by atoms with E-state index in [1.807, 2.05) is 40.8 Å². The SMILES string of the molecule is CNc1ccc2c(c1)cc(CN1C(=O)C3(CC3)c3ccncc31)n2CCS(C)(=O)=O. The molecule has 0 radical (unpaired) electrons. The molecular formula is C22H24N4O3S. The molecule has 0 saturated heterocycles. The first-order valence-corrected chi connectivity index (χ1v) is 12.1. The Morgan fingerprint density at radius 1 is 1.20 bits per heavy atom. The maximum Gasteiger partial charge on any atom is 0.238 e. The summed E-state index contributed by atoms with van der Waals surface area (Å²) in [5.74, 6) is 0.175. The number of amides is 1. The van der Waals surface area contributed by atoms with Gasteiger partial charge in [-0.2, -0.15) is 0 Å². The van der Waals surface area contributed by atoms with Crippen LogP contribution in [0.5, 0.6) is 0 Å². The second kappa shape index (κ2) is 6.57. The number of sulfone groups is 1. The van der Waals surface area contributed by atoms with Gasteiger partial charge in [-0.1, -0.05) is 0 Å². The highest BCUT2D eigenvalue weighted by Crippen LogP contribution is 2.57. The first kappa shape index (κ1) is 19.1. The van der Waals surface area contributed by atoms with E-state index in [-0.39, 0.29) is 17.1 Å². The molecule has 1 saturated carbocycles. The van der Waals surface area contributed by atoms with Crippen molar-refractivity contribution in [3.63, 3.8) is 0 Å². The standard InChI is InChI=1S/C22H24N4O3S/c1-23-16-3-4-19-15(11-16)12-17(25(19)9-10-30(2,28)29)14-26-20-13-24-8-5-18(20)22(6-7-22)21(26)27/h3-5,8,11-13,23H,6-7,9-10,14H2,1-2H3. The van der Waals surface area contributed by atoms with Crippen molar-refractivity contribution in [2.24, 2.45) is 0 Å². The summed E-state index contributed by atoms with van der Waals surface area (Å²) in [5.41, 5.74) is 4.43. The van der Waals surface area contributed by atoms with Crippen LogP contribution in [0.2, 0.25) is 0 Å². The fourth-order valence-electron chi connectivity index (χ4n) is 4.55. The number of hydrogen-bond donors (Lipinski definition) is 1. The lowest BCUT2D eigenvalue weighted by molar-refractivity contribution is -0.120. The molecule has 5 rings (SSSR count). The van der Waals surface area contributed by atoms with Gasteiger partial charge in [0.2, 0.25) is 5.91 Å². The Labute approximate surface area is 175 Å². The molecule has 0 bridgehead atoms. The minimum atomic E-state index is -3.12. The number of hydrogen-bond acceptors (Lipinski definition) is 5. The van der Waals surface area contributed by atoms with E-state index >= 15 is 0 Å². The zero-order chi connectivity index (χ0) is 21.1. The van der Waals surface area contributed by atoms with E-state index in [2.05, 4.69) is 16.4 Å². The molecule has 8 heteroatoms. The molecule has 1 aliphatic carbocycles. The number of rotatable bonds is 6. The quantitative estimate of drug-likeness (QED) is 0.658. The van der Waals surface area contributed by atoms with Gasteiger partial charge in [0.05, 0.1) is 29.6 Å². The molecule has 3 heterocycles. The first-order valence-electron chi connectivity index (χ1n) is 10.1. The van der Waals surface area contributed by atoms with Crippen molar-refractivity contribution in [2.75, 3.05) is 29.3 Å². The van der Waals surface area contributed by atoms with E-state index in [9.17, 15) is 13.2 Å². The molecule has 1 amide bonds. The van der Waals surface area contributed by atoms with Gasteiger partial charge in [0.25, 0.3) is 0 Å². The molecule has 0 unspecified atom stereocenters. The molecule has 1 N–H and O–H groups in total. The average molecular weight is 425 g/mol. The number of nitrogens with zero attached hydrogens (tertiary/aromatic N) is 3. The molecule has 30 heavy (non-hydrogen) atoms. The number of benzene rings is 1. The summed E-state index contributed by atoms with van der Waals surface area (Å²) in [5, 5.41) is 4.16. The van der Waals surface area contributed by atoms with Gasteiger partial charge in [0, 0.05) is 48.3 Å². The molecular weight excluding hydrogens is 400 g/mol. The van der Waals surface area contributed by atoms with Crippen molar-refractivity contribution in [3.8, 4) is 0 Å². The zero-order valence-corrected chi connectivity index (χ0v) is 17.9. The average Bonchev–Trinajstić information content (AvgIpc) is 3.41. The van der Waals surface area contributed by atoms with Crippen molar-refractivity contribution in [1.29, 1.82) is 0 Å². The molecule has 7 nitrogen and oxygen atoms in total. The molecule has 1 aliphatic heterocycles. The second-order valence-corrected chi connectivity index (χ2v) is 10.6. The van der Waals surface area contributed by atoms with Gasteiger partial charge in [-0.15, -0.1) is 0 Å². The summed E-state index contributed by atoms with van der Waals surface area (Å²) in [6.45, 7) is 0.746. The molecule has 3 aromatic rings. The maximum absolute atomic E-state index is 13.3. The van der Waals surface area contributed by atoms with Gasteiger partial charge in [0.1, 0.15) is 9.84 Å². The smallest absolute Gasteiger partial charge is 0.238 e. The summed E-state index contributed by atoms with van der Waals surface area (Å²) in [6.07, 6.45) is 6.52. The van der Waals surface area contributed by atoms with Gasteiger partial charge in [-0.05, 0) is 48.7 Å². The van der Waals surface area contributed by atoms with E-state index in [1.165, 1.54) is 6.26 Å². The normalized spacial score (nSPS) is 17.0. The van der Waals surface area contributed by atoms with E-state index in [4.69, 9.17) is 0 Å². The van der Waals surface area contributed by atoms with Gasteiger partial charge < -0.3 is 14.8 Å². The fourth-order valence-corrected chi connectivity index (χ4v) is 5.07. The number of anilines is 2. The van der Waals surface area contributed by atoms with Gasteiger partial charge in [-0.25, -0.2) is 8.42 Å². The van der Waals surface area contributed by atoms with Crippen molar-refractivity contribution in [2.45, 2.75) is 31.3 Å². The highest BCUT2D eigenvalue weighted by molar-refractivity contribution is 7.90. The van der Waals surface area contributed by atoms with Gasteiger partial charge in [-0.3, -0.25) is 9.78 Å². The predicted octanol–water partition coefficient (Wildman–Crippen LogP) is 2.70. The van der Waals surface area contributed by atoms with Crippen LogP contribution < -0.4 is 10.2 Å². The van der Waals surface area contributed by atoms with Crippen molar-refractivity contribution in [3.05, 3.63) is 54.0 Å². The van der Waals surface area contributed by atoms with Gasteiger partial charge in [0.15, 0.2) is 0 Å². The van der Waals surface area contributed by atoms with E-state index in [0.29, 0.717) is 13.1 Å². The molecule has 1 aromatic carbocycles. The lowest BCUT2D eigenvalue weighted by Crippen LogP contribution is -2.32. The lowest BCUT2D eigenvalue weighted by Gasteiger charge is -2.19. The molecule has 1 fully saturated rings. The Morgan fingerprint density at radius 3 is 2.70 bits per heavy atom. The fraction of sp³-hybridized carbons (Fsp3) is 0.364. The monoisotopic (exact) mass is 424 g/mol. The van der Waals surface area contributed by atoms with Crippen LogP contribution >= 0.6 is 0 Å². The van der Waals surface area contributed by atoms with Crippen LogP contribution in [0.25, 0.3) is 10.9 Å². The number of carbonyl (C=O) groups excluding carboxylic acids is 1. The van der Waals surface area contributed by atoms with Crippen molar-refractivity contribution >= 4 is 38.0 Å². The Morgan fingerprint density at radius 2 is 2.00 bits per heavy atom. The minimum Gasteiger partial charge on any atom is -0.388 e. The van der Waals surface area contributed by atoms with Crippen LogP contribution in [0.15, 0.2) is 42.7 Å². The number of fused-ring (bicyclic) bond motifs is 3. The number of aryl methyl sites for hydroxylation is 1. The van der Waals surface area contributed by atoms with Crippen LogP contribution in [0.4, 0.5) is 11.4 Å². The Bertz CT molecular complexity index is 1270. The lowest BCUT2D eigenvalue weighted by atomic mass is 9.99. The van der Waals surface area contributed by atoms with Crippen LogP contribution in [-0.2, 0) is 33.1 Å².